The molecule has 2 aromatic heterocycles. The number of nitrogens with one attached hydrogen (secondary N) is 2. The normalized spacial score (nSPS) is 11.9. The first-order chi connectivity index (χ1) is 15.0. The lowest BCUT2D eigenvalue weighted by Crippen LogP contribution is -2.44. The van der Waals surface area contributed by atoms with Gasteiger partial charge in [-0.05, 0) is 11.6 Å². The van der Waals surface area contributed by atoms with Crippen molar-refractivity contribution in [2.75, 3.05) is 0 Å². The molecule has 4 rings (SSSR count). The van der Waals surface area contributed by atoms with Gasteiger partial charge in [0.1, 0.15) is 12.6 Å². The van der Waals surface area contributed by atoms with Crippen LogP contribution >= 0.6 is 0 Å². The molecule has 156 valence electrons. The summed E-state index contributed by atoms with van der Waals surface area (Å²) in [5.74, 6) is -1.72. The molecule has 1 amide bonds. The van der Waals surface area contributed by atoms with Crippen LogP contribution in [0.1, 0.15) is 5.56 Å². The van der Waals surface area contributed by atoms with E-state index in [1.54, 1.807) is 6.20 Å². The Morgan fingerprint density at radius 1 is 1.10 bits per heavy atom. The number of carboxylic acids is 1. The van der Waals surface area contributed by atoms with E-state index in [0.717, 1.165) is 28.2 Å². The molecule has 4 aromatic rings. The monoisotopic (exact) mass is 416 g/mol. The number of benzene rings is 2. The number of fused-ring (bicyclic) bond motifs is 1. The predicted octanol–water partition coefficient (Wildman–Crippen LogP) is 2.20. The molecule has 0 fully saturated rings. The number of hydrogen-bond acceptors (Lipinski definition) is 4. The predicted molar refractivity (Wildman–Crippen MR) is 116 cm³/mol. The number of aromatic nitrogens is 3. The molecule has 2 aromatic carbocycles. The highest BCUT2D eigenvalue weighted by Crippen LogP contribution is 2.19. The minimum Gasteiger partial charge on any atom is -0.480 e. The third-order valence-electron chi connectivity index (χ3n) is 4.99. The second kappa shape index (κ2) is 8.66. The Labute approximate surface area is 177 Å². The molecule has 1 atom stereocenters. The zero-order chi connectivity index (χ0) is 21.8. The number of carboxylic acid groups (broad SMARTS) is 1. The smallest absolute Gasteiger partial charge is 0.326 e. The van der Waals surface area contributed by atoms with Crippen molar-refractivity contribution in [3.63, 3.8) is 0 Å². The van der Waals surface area contributed by atoms with E-state index >= 15 is 0 Å². The molecule has 3 N–H and O–H groups in total. The summed E-state index contributed by atoms with van der Waals surface area (Å²) >= 11 is 0. The molecule has 0 aliphatic rings. The van der Waals surface area contributed by atoms with E-state index in [1.165, 1.54) is 10.8 Å². The first kappa shape index (κ1) is 20.1. The largest absolute Gasteiger partial charge is 0.480 e. The zero-order valence-electron chi connectivity index (χ0n) is 16.5. The van der Waals surface area contributed by atoms with Crippen LogP contribution in [0.25, 0.3) is 22.2 Å². The van der Waals surface area contributed by atoms with Gasteiger partial charge in [-0.3, -0.25) is 9.59 Å². The van der Waals surface area contributed by atoms with Crippen LogP contribution in [0, 0.1) is 0 Å². The van der Waals surface area contributed by atoms with Gasteiger partial charge in [-0.2, -0.15) is 0 Å². The van der Waals surface area contributed by atoms with E-state index in [9.17, 15) is 19.5 Å². The number of amides is 1. The highest BCUT2D eigenvalue weighted by molar-refractivity contribution is 5.86. The Hall–Kier alpha value is -4.20. The minimum atomic E-state index is -1.15. The summed E-state index contributed by atoms with van der Waals surface area (Å²) in [5, 5.41) is 13.0. The summed E-state index contributed by atoms with van der Waals surface area (Å²) in [6, 6.07) is 15.7. The van der Waals surface area contributed by atoms with Crippen LogP contribution in [0.15, 0.2) is 78.0 Å². The van der Waals surface area contributed by atoms with Gasteiger partial charge < -0.3 is 20.0 Å². The topological polar surface area (TPSA) is 117 Å². The van der Waals surface area contributed by atoms with Crippen LogP contribution in [-0.2, 0) is 22.6 Å². The summed E-state index contributed by atoms with van der Waals surface area (Å²) in [6.07, 6.45) is 4.50. The zero-order valence-corrected chi connectivity index (χ0v) is 16.5. The quantitative estimate of drug-likeness (QED) is 0.427. The molecule has 0 radical (unpaired) electrons. The molecular formula is C23H20N4O4. The molecule has 0 saturated heterocycles. The molecule has 0 aliphatic heterocycles. The van der Waals surface area contributed by atoms with E-state index < -0.39 is 23.5 Å². The van der Waals surface area contributed by atoms with E-state index in [2.05, 4.69) is 15.3 Å². The van der Waals surface area contributed by atoms with Gasteiger partial charge in [0.05, 0.1) is 11.9 Å². The molecule has 0 saturated carbocycles. The number of aromatic amines is 1. The Morgan fingerprint density at radius 2 is 1.84 bits per heavy atom. The van der Waals surface area contributed by atoms with Crippen molar-refractivity contribution in [3.05, 3.63) is 89.1 Å². The summed E-state index contributed by atoms with van der Waals surface area (Å²) in [5.41, 5.74) is 2.58. The summed E-state index contributed by atoms with van der Waals surface area (Å²) in [4.78, 5) is 43.7. The van der Waals surface area contributed by atoms with Crippen molar-refractivity contribution >= 4 is 22.8 Å². The van der Waals surface area contributed by atoms with Crippen LogP contribution in [0.4, 0.5) is 0 Å². The maximum atomic E-state index is 12.6. The van der Waals surface area contributed by atoms with Crippen LogP contribution in [0.5, 0.6) is 0 Å². The van der Waals surface area contributed by atoms with Gasteiger partial charge >= 0.3 is 5.97 Å². The van der Waals surface area contributed by atoms with Crippen LogP contribution in [0.3, 0.4) is 0 Å². The van der Waals surface area contributed by atoms with Gasteiger partial charge in [-0.25, -0.2) is 9.78 Å². The van der Waals surface area contributed by atoms with Crippen molar-refractivity contribution in [2.45, 2.75) is 19.0 Å². The lowest BCUT2D eigenvalue weighted by molar-refractivity contribution is -0.141. The van der Waals surface area contributed by atoms with Crippen molar-refractivity contribution in [2.24, 2.45) is 0 Å². The van der Waals surface area contributed by atoms with Gasteiger partial charge in [0.2, 0.25) is 5.91 Å². The van der Waals surface area contributed by atoms with Crippen LogP contribution < -0.4 is 10.9 Å². The molecule has 8 heteroatoms. The molecule has 2 heterocycles. The fourth-order valence-electron chi connectivity index (χ4n) is 3.44. The third kappa shape index (κ3) is 4.53. The second-order valence-corrected chi connectivity index (χ2v) is 7.13. The molecule has 0 aliphatic carbocycles. The number of nitrogens with zero attached hydrogens (tertiary/aromatic N) is 2. The summed E-state index contributed by atoms with van der Waals surface area (Å²) in [6.45, 7) is -0.307. The van der Waals surface area contributed by atoms with Crippen LogP contribution in [-0.4, -0.2) is 37.6 Å². The number of carbonyl (C=O) groups is 2. The van der Waals surface area contributed by atoms with E-state index in [-0.39, 0.29) is 13.0 Å². The maximum Gasteiger partial charge on any atom is 0.326 e. The van der Waals surface area contributed by atoms with E-state index in [0.29, 0.717) is 5.69 Å². The molecule has 8 nitrogen and oxygen atoms in total. The molecule has 0 spiro atoms. The Balaban J connectivity index is 1.50. The number of para-hydroxylation sites is 1. The van der Waals surface area contributed by atoms with Crippen LogP contribution in [0.2, 0.25) is 0 Å². The van der Waals surface area contributed by atoms with Gasteiger partial charge in [0.25, 0.3) is 5.56 Å². The van der Waals surface area contributed by atoms with Gasteiger partial charge in [-0.1, -0.05) is 48.5 Å². The average Bonchev–Trinajstić information content (AvgIpc) is 3.18. The van der Waals surface area contributed by atoms with Crippen molar-refractivity contribution in [3.8, 4) is 11.3 Å². The minimum absolute atomic E-state index is 0.117. The van der Waals surface area contributed by atoms with Gasteiger partial charge in [0, 0.05) is 35.3 Å². The highest BCUT2D eigenvalue weighted by Gasteiger charge is 2.22. The number of hydrogen-bond donors (Lipinski definition) is 3. The highest BCUT2D eigenvalue weighted by atomic mass is 16.4. The fraction of sp³-hybridized carbons (Fsp3) is 0.130. The second-order valence-electron chi connectivity index (χ2n) is 7.13. The Morgan fingerprint density at radius 3 is 2.61 bits per heavy atom. The van der Waals surface area contributed by atoms with E-state index in [4.69, 9.17) is 0 Å². The summed E-state index contributed by atoms with van der Waals surface area (Å²) in [7, 11) is 0. The number of rotatable bonds is 7. The van der Waals surface area contributed by atoms with E-state index in [1.807, 2.05) is 54.6 Å². The first-order valence-corrected chi connectivity index (χ1v) is 9.70. The fourth-order valence-corrected chi connectivity index (χ4v) is 3.44. The maximum absolute atomic E-state index is 12.6. The van der Waals surface area contributed by atoms with Crippen molar-refractivity contribution in [1.29, 1.82) is 0 Å². The first-order valence-electron chi connectivity index (χ1n) is 9.70. The Bertz CT molecular complexity index is 1290. The Kier molecular flexibility index (Phi) is 5.61. The average molecular weight is 416 g/mol. The van der Waals surface area contributed by atoms with Crippen molar-refractivity contribution in [1.82, 2.24) is 19.9 Å². The lowest BCUT2D eigenvalue weighted by Gasteiger charge is -2.15. The molecule has 31 heavy (non-hydrogen) atoms. The van der Waals surface area contributed by atoms with Gasteiger partial charge in [0.15, 0.2) is 0 Å². The third-order valence-corrected chi connectivity index (χ3v) is 4.99. The van der Waals surface area contributed by atoms with Gasteiger partial charge in [-0.15, -0.1) is 0 Å². The number of aliphatic carboxylic acids is 1. The molecule has 1 unspecified atom stereocenters. The lowest BCUT2D eigenvalue weighted by atomic mass is 10.0. The SMILES string of the molecule is O=C(Cn1cc(-c2ccccc2)ncc1=O)NC(Cc1c[nH]c2ccccc12)C(=O)O. The van der Waals surface area contributed by atoms with Crippen molar-refractivity contribution < 1.29 is 14.7 Å². The number of H-pyrrole nitrogens is 1. The standard InChI is InChI=1S/C23H20N4O4/c28-21(14-27-13-20(25-12-22(27)29)15-6-2-1-3-7-15)26-19(23(30)31)10-16-11-24-18-9-5-4-8-17(16)18/h1-9,11-13,19,24H,10,14H2,(H,26,28)(H,30,31). The molecule has 0 bridgehead atoms. The number of carbonyl (C=O) groups excluding carboxylic acids is 1. The molecular weight excluding hydrogens is 396 g/mol. The summed E-state index contributed by atoms with van der Waals surface area (Å²) < 4.78 is 1.22.